The summed E-state index contributed by atoms with van der Waals surface area (Å²) in [5.74, 6) is -0.178. The maximum Gasteiger partial charge on any atom is 0.335 e. The molecule has 2 aromatic heterocycles. The van der Waals surface area contributed by atoms with Crippen molar-refractivity contribution in [3.05, 3.63) is 71.2 Å². The number of halogens is 1. The van der Waals surface area contributed by atoms with Crippen LogP contribution in [0.1, 0.15) is 10.4 Å². The average Bonchev–Trinajstić information content (AvgIpc) is 3.36. The SMILES string of the molecule is C=CCn1c(SCC(=O)Nc2cccc(C(=O)O)c2)nnc1-c1cc2cc(Br)ccc2o1. The Balaban J connectivity index is 1.51. The number of carboxylic acids is 1. The summed E-state index contributed by atoms with van der Waals surface area (Å²) in [4.78, 5) is 23.5. The Bertz CT molecular complexity index is 1330. The molecule has 1 amide bonds. The van der Waals surface area contributed by atoms with Gasteiger partial charge in [-0.05, 0) is 42.5 Å². The lowest BCUT2D eigenvalue weighted by Gasteiger charge is -2.07. The van der Waals surface area contributed by atoms with Crippen molar-refractivity contribution in [1.29, 1.82) is 0 Å². The van der Waals surface area contributed by atoms with Crippen molar-refractivity contribution in [1.82, 2.24) is 14.8 Å². The minimum absolute atomic E-state index is 0.0691. The number of allylic oxidation sites excluding steroid dienone is 1. The third-order valence-corrected chi connectivity index (χ3v) is 5.91. The molecule has 2 aromatic carbocycles. The van der Waals surface area contributed by atoms with E-state index in [0.717, 1.165) is 15.4 Å². The van der Waals surface area contributed by atoms with Gasteiger partial charge in [-0.2, -0.15) is 0 Å². The van der Waals surface area contributed by atoms with Gasteiger partial charge in [0.05, 0.1) is 11.3 Å². The van der Waals surface area contributed by atoms with Gasteiger partial charge in [0.15, 0.2) is 10.9 Å². The molecule has 4 aromatic rings. The lowest BCUT2D eigenvalue weighted by Crippen LogP contribution is -2.15. The van der Waals surface area contributed by atoms with Gasteiger partial charge in [-0.15, -0.1) is 16.8 Å². The van der Waals surface area contributed by atoms with Gasteiger partial charge in [0.25, 0.3) is 0 Å². The minimum Gasteiger partial charge on any atom is -0.478 e. The zero-order valence-electron chi connectivity index (χ0n) is 16.6. The fourth-order valence-corrected chi connectivity index (χ4v) is 4.18. The summed E-state index contributed by atoms with van der Waals surface area (Å²) in [6.45, 7) is 4.23. The quantitative estimate of drug-likeness (QED) is 0.250. The molecule has 8 nitrogen and oxygen atoms in total. The normalized spacial score (nSPS) is 10.9. The van der Waals surface area contributed by atoms with Gasteiger partial charge in [0.1, 0.15) is 5.58 Å². The number of nitrogens with one attached hydrogen (secondary N) is 1. The number of hydrogen-bond donors (Lipinski definition) is 2. The lowest BCUT2D eigenvalue weighted by molar-refractivity contribution is -0.113. The van der Waals surface area contributed by atoms with Gasteiger partial charge in [0.2, 0.25) is 11.7 Å². The number of carbonyl (C=O) groups excluding carboxylic acids is 1. The highest BCUT2D eigenvalue weighted by Crippen LogP contribution is 2.31. The van der Waals surface area contributed by atoms with Gasteiger partial charge in [-0.25, -0.2) is 4.79 Å². The van der Waals surface area contributed by atoms with Crippen molar-refractivity contribution >= 4 is 56.2 Å². The fraction of sp³-hybridized carbons (Fsp3) is 0.0909. The van der Waals surface area contributed by atoms with Crippen LogP contribution in [0.15, 0.2) is 75.2 Å². The molecule has 0 spiro atoms. The number of thioether (sulfide) groups is 1. The molecular formula is C22H17BrN4O4S. The Labute approximate surface area is 195 Å². The van der Waals surface area contributed by atoms with E-state index in [1.165, 1.54) is 23.9 Å². The third-order valence-electron chi connectivity index (χ3n) is 4.45. The highest BCUT2D eigenvalue weighted by Gasteiger charge is 2.18. The molecule has 0 saturated heterocycles. The molecule has 0 aliphatic carbocycles. The number of benzene rings is 2. The number of hydrogen-bond acceptors (Lipinski definition) is 6. The number of carbonyl (C=O) groups is 2. The summed E-state index contributed by atoms with van der Waals surface area (Å²) < 4.78 is 8.70. The molecule has 4 rings (SSSR count). The van der Waals surface area contributed by atoms with E-state index in [-0.39, 0.29) is 17.2 Å². The molecule has 10 heteroatoms. The molecule has 32 heavy (non-hydrogen) atoms. The molecular weight excluding hydrogens is 496 g/mol. The minimum atomic E-state index is -1.06. The molecule has 0 unspecified atom stereocenters. The van der Waals surface area contributed by atoms with E-state index < -0.39 is 5.97 Å². The number of fused-ring (bicyclic) bond motifs is 1. The molecule has 0 fully saturated rings. The summed E-state index contributed by atoms with van der Waals surface area (Å²) in [6.07, 6.45) is 1.72. The molecule has 0 aliphatic rings. The smallest absolute Gasteiger partial charge is 0.335 e. The zero-order chi connectivity index (χ0) is 22.7. The summed E-state index contributed by atoms with van der Waals surface area (Å²) in [5.41, 5.74) is 1.24. The largest absolute Gasteiger partial charge is 0.478 e. The molecule has 162 valence electrons. The van der Waals surface area contributed by atoms with E-state index in [1.54, 1.807) is 18.2 Å². The summed E-state index contributed by atoms with van der Waals surface area (Å²) in [6, 6.07) is 13.7. The van der Waals surface area contributed by atoms with Crippen molar-refractivity contribution in [2.45, 2.75) is 11.7 Å². The first kappa shape index (κ1) is 21.8. The average molecular weight is 513 g/mol. The van der Waals surface area contributed by atoms with Gasteiger partial charge in [-0.3, -0.25) is 9.36 Å². The maximum atomic E-state index is 12.4. The molecule has 0 radical (unpaired) electrons. The van der Waals surface area contributed by atoms with Crippen molar-refractivity contribution in [3.63, 3.8) is 0 Å². The standard InChI is InChI=1S/C22H17BrN4O4S/c1-2-8-27-20(18-11-14-9-15(23)6-7-17(14)31-18)25-26-22(27)32-12-19(28)24-16-5-3-4-13(10-16)21(29)30/h2-7,9-11H,1,8,12H2,(H,24,28)(H,29,30). The Hall–Kier alpha value is -3.37. The number of aromatic carboxylic acids is 1. The molecule has 2 heterocycles. The first-order valence-electron chi connectivity index (χ1n) is 9.44. The first-order chi connectivity index (χ1) is 15.4. The number of furan rings is 1. The summed E-state index contributed by atoms with van der Waals surface area (Å²) in [7, 11) is 0. The Morgan fingerprint density at radius 1 is 1.22 bits per heavy atom. The Morgan fingerprint density at radius 2 is 2.06 bits per heavy atom. The van der Waals surface area contributed by atoms with Crippen LogP contribution in [0.3, 0.4) is 0 Å². The topological polar surface area (TPSA) is 110 Å². The Kier molecular flexibility index (Phi) is 6.42. The number of rotatable bonds is 8. The van der Waals surface area contributed by atoms with E-state index in [2.05, 4.69) is 38.0 Å². The van der Waals surface area contributed by atoms with Crippen LogP contribution < -0.4 is 5.32 Å². The molecule has 0 aliphatic heterocycles. The summed E-state index contributed by atoms with van der Waals surface area (Å²) in [5, 5.41) is 21.7. The molecule has 0 saturated carbocycles. The van der Waals surface area contributed by atoms with E-state index in [0.29, 0.717) is 29.0 Å². The fourth-order valence-electron chi connectivity index (χ4n) is 3.05. The molecule has 0 bridgehead atoms. The van der Waals surface area contributed by atoms with Crippen LogP contribution in [0.2, 0.25) is 0 Å². The van der Waals surface area contributed by atoms with Crippen LogP contribution in [0.4, 0.5) is 5.69 Å². The van der Waals surface area contributed by atoms with Gasteiger partial charge in [-0.1, -0.05) is 39.8 Å². The highest BCUT2D eigenvalue weighted by atomic mass is 79.9. The van der Waals surface area contributed by atoms with Crippen LogP contribution in [-0.4, -0.2) is 37.5 Å². The van der Waals surface area contributed by atoms with Crippen LogP contribution >= 0.6 is 27.7 Å². The predicted molar refractivity (Wildman–Crippen MR) is 126 cm³/mol. The predicted octanol–water partition coefficient (Wildman–Crippen LogP) is 5.07. The molecule has 0 atom stereocenters. The van der Waals surface area contributed by atoms with Crippen molar-refractivity contribution in [3.8, 4) is 11.6 Å². The maximum absolute atomic E-state index is 12.4. The van der Waals surface area contributed by atoms with Gasteiger partial charge < -0.3 is 14.8 Å². The lowest BCUT2D eigenvalue weighted by atomic mass is 10.2. The van der Waals surface area contributed by atoms with Crippen LogP contribution in [0.25, 0.3) is 22.6 Å². The van der Waals surface area contributed by atoms with E-state index >= 15 is 0 Å². The van der Waals surface area contributed by atoms with E-state index in [9.17, 15) is 9.59 Å². The van der Waals surface area contributed by atoms with Crippen molar-refractivity contribution in [2.24, 2.45) is 0 Å². The van der Waals surface area contributed by atoms with Crippen molar-refractivity contribution < 1.29 is 19.1 Å². The number of aromatic nitrogens is 3. The first-order valence-corrected chi connectivity index (χ1v) is 11.2. The van der Waals surface area contributed by atoms with Crippen LogP contribution in [0.5, 0.6) is 0 Å². The monoisotopic (exact) mass is 512 g/mol. The van der Waals surface area contributed by atoms with Crippen LogP contribution in [0, 0.1) is 0 Å². The van der Waals surface area contributed by atoms with Crippen LogP contribution in [-0.2, 0) is 11.3 Å². The molecule has 2 N–H and O–H groups in total. The second-order valence-corrected chi connectivity index (χ2v) is 8.58. The van der Waals surface area contributed by atoms with Gasteiger partial charge in [0, 0.05) is 22.1 Å². The number of carboxylic acid groups (broad SMARTS) is 1. The number of amides is 1. The van der Waals surface area contributed by atoms with Crippen molar-refractivity contribution in [2.75, 3.05) is 11.1 Å². The van der Waals surface area contributed by atoms with E-state index in [1.807, 2.05) is 28.8 Å². The second kappa shape index (κ2) is 9.41. The Morgan fingerprint density at radius 3 is 2.84 bits per heavy atom. The highest BCUT2D eigenvalue weighted by molar-refractivity contribution is 9.10. The number of anilines is 1. The van der Waals surface area contributed by atoms with Gasteiger partial charge >= 0.3 is 5.97 Å². The summed E-state index contributed by atoms with van der Waals surface area (Å²) >= 11 is 4.67. The third kappa shape index (κ3) is 4.76. The number of nitrogens with zero attached hydrogens (tertiary/aromatic N) is 3. The second-order valence-electron chi connectivity index (χ2n) is 6.72. The zero-order valence-corrected chi connectivity index (χ0v) is 19.0. The van der Waals surface area contributed by atoms with E-state index in [4.69, 9.17) is 9.52 Å².